The Balaban J connectivity index is 2.50. The first-order chi connectivity index (χ1) is 7.76. The van der Waals surface area contributed by atoms with Crippen LogP contribution in [-0.2, 0) is 0 Å². The van der Waals surface area contributed by atoms with Crippen LogP contribution in [0.4, 0.5) is 0 Å². The Bertz CT molecular complexity index is 168. The van der Waals surface area contributed by atoms with E-state index in [1.807, 2.05) is 0 Å². The van der Waals surface area contributed by atoms with Gasteiger partial charge in [0.05, 0.1) is 0 Å². The molecule has 1 fully saturated rings. The highest BCUT2D eigenvalue weighted by molar-refractivity contribution is 4.95. The van der Waals surface area contributed by atoms with E-state index in [4.69, 9.17) is 0 Å². The molecule has 2 heteroatoms. The van der Waals surface area contributed by atoms with Gasteiger partial charge in [0, 0.05) is 12.1 Å². The van der Waals surface area contributed by atoms with E-state index in [0.717, 1.165) is 0 Å². The van der Waals surface area contributed by atoms with Gasteiger partial charge in [0.1, 0.15) is 0 Å². The molecule has 0 aromatic heterocycles. The van der Waals surface area contributed by atoms with Crippen LogP contribution in [0, 0.1) is 0 Å². The molecule has 0 bridgehead atoms. The van der Waals surface area contributed by atoms with Gasteiger partial charge in [-0.05, 0) is 51.7 Å². The summed E-state index contributed by atoms with van der Waals surface area (Å²) in [6, 6.07) is 0. The fourth-order valence-corrected chi connectivity index (χ4v) is 3.11. The second-order valence-electron chi connectivity index (χ2n) is 5.34. The van der Waals surface area contributed by atoms with Crippen molar-refractivity contribution < 1.29 is 0 Å². The summed E-state index contributed by atoms with van der Waals surface area (Å²) in [7, 11) is 0. The van der Waals surface area contributed by atoms with Crippen LogP contribution in [0.25, 0.3) is 0 Å². The molecule has 16 heavy (non-hydrogen) atoms. The lowest BCUT2D eigenvalue weighted by molar-refractivity contribution is 0.183. The minimum absolute atomic E-state index is 0.444. The molecule has 1 rings (SSSR count). The van der Waals surface area contributed by atoms with E-state index in [2.05, 4.69) is 31.0 Å². The molecular formula is C14H30N2. The van der Waals surface area contributed by atoms with Crippen LogP contribution in [0.1, 0.15) is 59.3 Å². The van der Waals surface area contributed by atoms with Crippen molar-refractivity contribution in [3.05, 3.63) is 0 Å². The highest BCUT2D eigenvalue weighted by Gasteiger charge is 2.33. The minimum atomic E-state index is 0.444. The minimum Gasteiger partial charge on any atom is -0.310 e. The summed E-state index contributed by atoms with van der Waals surface area (Å²) < 4.78 is 0. The molecule has 0 amide bonds. The molecule has 1 saturated heterocycles. The van der Waals surface area contributed by atoms with Crippen molar-refractivity contribution in [1.29, 1.82) is 0 Å². The summed E-state index contributed by atoms with van der Waals surface area (Å²) in [5.74, 6) is 0. The smallest absolute Gasteiger partial charge is 0.0309 e. The molecule has 1 aliphatic heterocycles. The number of nitrogens with zero attached hydrogens (tertiary/aromatic N) is 1. The van der Waals surface area contributed by atoms with Crippen LogP contribution in [-0.4, -0.2) is 36.6 Å². The first kappa shape index (κ1) is 14.0. The van der Waals surface area contributed by atoms with Crippen molar-refractivity contribution in [2.24, 2.45) is 0 Å². The van der Waals surface area contributed by atoms with E-state index >= 15 is 0 Å². The van der Waals surface area contributed by atoms with Gasteiger partial charge < -0.3 is 10.2 Å². The average Bonchev–Trinajstić information content (AvgIpc) is 2.68. The highest BCUT2D eigenvalue weighted by atomic mass is 15.2. The van der Waals surface area contributed by atoms with E-state index in [9.17, 15) is 0 Å². The number of hydrogen-bond acceptors (Lipinski definition) is 2. The molecule has 0 radical (unpaired) electrons. The van der Waals surface area contributed by atoms with Crippen molar-refractivity contribution >= 4 is 0 Å². The van der Waals surface area contributed by atoms with Gasteiger partial charge in [-0.3, -0.25) is 0 Å². The molecular weight excluding hydrogens is 196 g/mol. The molecule has 2 nitrogen and oxygen atoms in total. The SMILES string of the molecule is CCCN(CCC)CC1(CCC)CCCN1. The van der Waals surface area contributed by atoms with Gasteiger partial charge in [-0.25, -0.2) is 0 Å². The lowest BCUT2D eigenvalue weighted by atomic mass is 9.91. The molecule has 1 aliphatic rings. The first-order valence-corrected chi connectivity index (χ1v) is 7.23. The van der Waals surface area contributed by atoms with Crippen LogP contribution in [0.2, 0.25) is 0 Å². The maximum Gasteiger partial charge on any atom is 0.0309 e. The van der Waals surface area contributed by atoms with Gasteiger partial charge in [0.15, 0.2) is 0 Å². The van der Waals surface area contributed by atoms with Crippen molar-refractivity contribution in [1.82, 2.24) is 10.2 Å². The molecule has 0 aromatic rings. The summed E-state index contributed by atoms with van der Waals surface area (Å²) in [6.07, 6.45) is 7.96. The van der Waals surface area contributed by atoms with Gasteiger partial charge in [-0.1, -0.05) is 27.2 Å². The monoisotopic (exact) mass is 226 g/mol. The van der Waals surface area contributed by atoms with E-state index in [1.54, 1.807) is 0 Å². The molecule has 1 N–H and O–H groups in total. The van der Waals surface area contributed by atoms with E-state index in [-0.39, 0.29) is 0 Å². The normalized spacial score (nSPS) is 25.5. The maximum atomic E-state index is 3.78. The van der Waals surface area contributed by atoms with E-state index < -0.39 is 0 Å². The molecule has 96 valence electrons. The van der Waals surface area contributed by atoms with E-state index in [1.165, 1.54) is 64.7 Å². The van der Waals surface area contributed by atoms with Crippen molar-refractivity contribution in [2.75, 3.05) is 26.2 Å². The Morgan fingerprint density at radius 1 is 1.06 bits per heavy atom. The molecule has 1 atom stereocenters. The third-order valence-corrected chi connectivity index (χ3v) is 3.67. The lowest BCUT2D eigenvalue weighted by Crippen LogP contribution is -2.50. The van der Waals surface area contributed by atoms with Gasteiger partial charge >= 0.3 is 0 Å². The van der Waals surface area contributed by atoms with E-state index in [0.29, 0.717) is 5.54 Å². The highest BCUT2D eigenvalue weighted by Crippen LogP contribution is 2.26. The van der Waals surface area contributed by atoms with Crippen LogP contribution in [0.3, 0.4) is 0 Å². The lowest BCUT2D eigenvalue weighted by Gasteiger charge is -2.35. The average molecular weight is 226 g/mol. The number of rotatable bonds is 8. The fraction of sp³-hybridized carbons (Fsp3) is 1.00. The Labute approximate surface area is 102 Å². The van der Waals surface area contributed by atoms with Crippen LogP contribution in [0.5, 0.6) is 0 Å². The Morgan fingerprint density at radius 2 is 1.75 bits per heavy atom. The van der Waals surface area contributed by atoms with Crippen LogP contribution in [0.15, 0.2) is 0 Å². The third kappa shape index (κ3) is 4.06. The van der Waals surface area contributed by atoms with Crippen molar-refractivity contribution in [2.45, 2.75) is 64.8 Å². The van der Waals surface area contributed by atoms with Crippen LogP contribution >= 0.6 is 0 Å². The zero-order chi connectivity index (χ0) is 11.9. The summed E-state index contributed by atoms with van der Waals surface area (Å²) >= 11 is 0. The maximum absolute atomic E-state index is 3.78. The van der Waals surface area contributed by atoms with Crippen molar-refractivity contribution in [3.63, 3.8) is 0 Å². The van der Waals surface area contributed by atoms with Gasteiger partial charge in [0.25, 0.3) is 0 Å². The van der Waals surface area contributed by atoms with Crippen LogP contribution < -0.4 is 5.32 Å². The van der Waals surface area contributed by atoms with Gasteiger partial charge in [-0.15, -0.1) is 0 Å². The second-order valence-corrected chi connectivity index (χ2v) is 5.34. The quantitative estimate of drug-likeness (QED) is 0.684. The van der Waals surface area contributed by atoms with Gasteiger partial charge in [0.2, 0.25) is 0 Å². The predicted octanol–water partition coefficient (Wildman–Crippen LogP) is 3.03. The molecule has 0 saturated carbocycles. The summed E-state index contributed by atoms with van der Waals surface area (Å²) in [5, 5.41) is 3.78. The molecule has 0 aromatic carbocycles. The summed E-state index contributed by atoms with van der Waals surface area (Å²) in [6.45, 7) is 11.9. The Hall–Kier alpha value is -0.0800. The third-order valence-electron chi connectivity index (χ3n) is 3.67. The zero-order valence-corrected chi connectivity index (χ0v) is 11.5. The zero-order valence-electron chi connectivity index (χ0n) is 11.5. The summed E-state index contributed by atoms with van der Waals surface area (Å²) in [5.41, 5.74) is 0.444. The first-order valence-electron chi connectivity index (χ1n) is 7.23. The molecule has 0 spiro atoms. The second kappa shape index (κ2) is 7.29. The summed E-state index contributed by atoms with van der Waals surface area (Å²) in [4.78, 5) is 2.66. The van der Waals surface area contributed by atoms with Crippen molar-refractivity contribution in [3.8, 4) is 0 Å². The fourth-order valence-electron chi connectivity index (χ4n) is 3.11. The number of hydrogen-bond donors (Lipinski definition) is 1. The molecule has 1 unspecified atom stereocenters. The Morgan fingerprint density at radius 3 is 2.19 bits per heavy atom. The predicted molar refractivity (Wildman–Crippen MR) is 71.9 cm³/mol. The molecule has 1 heterocycles. The topological polar surface area (TPSA) is 15.3 Å². The largest absolute Gasteiger partial charge is 0.310 e. The number of nitrogens with one attached hydrogen (secondary N) is 1. The standard InChI is InChI=1S/C14H30N2/c1-4-8-14(9-7-10-15-14)13-16(11-5-2)12-6-3/h15H,4-13H2,1-3H3. The molecule has 0 aliphatic carbocycles. The van der Waals surface area contributed by atoms with Gasteiger partial charge in [-0.2, -0.15) is 0 Å². The Kier molecular flexibility index (Phi) is 6.37.